The Labute approximate surface area is 134 Å². The van der Waals surface area contributed by atoms with E-state index in [0.29, 0.717) is 12.0 Å². The number of aryl methyl sites for hydroxylation is 2. The molecule has 116 valence electrons. The SMILES string of the molecule is COC(=O)[C@@H](Cc1ccccc1)NC(=O)c1cc(C)sc1C. The van der Waals surface area contributed by atoms with Crippen LogP contribution in [0.4, 0.5) is 0 Å². The minimum Gasteiger partial charge on any atom is -0.467 e. The van der Waals surface area contributed by atoms with Gasteiger partial charge in [-0.2, -0.15) is 0 Å². The van der Waals surface area contributed by atoms with Crippen molar-refractivity contribution in [2.24, 2.45) is 0 Å². The number of carbonyl (C=O) groups is 2. The van der Waals surface area contributed by atoms with Gasteiger partial charge in [0.05, 0.1) is 12.7 Å². The van der Waals surface area contributed by atoms with E-state index in [9.17, 15) is 9.59 Å². The summed E-state index contributed by atoms with van der Waals surface area (Å²) in [6, 6.07) is 10.7. The highest BCUT2D eigenvalue weighted by Crippen LogP contribution is 2.20. The van der Waals surface area contributed by atoms with E-state index >= 15 is 0 Å². The third-order valence-electron chi connectivity index (χ3n) is 3.36. The third kappa shape index (κ3) is 3.95. The minimum absolute atomic E-state index is 0.242. The van der Waals surface area contributed by atoms with E-state index in [2.05, 4.69) is 5.32 Å². The second kappa shape index (κ2) is 7.22. The molecule has 1 atom stereocenters. The number of hydrogen-bond acceptors (Lipinski definition) is 4. The highest BCUT2D eigenvalue weighted by atomic mass is 32.1. The molecular weight excluding hydrogens is 298 g/mol. The zero-order valence-corrected chi connectivity index (χ0v) is 13.7. The number of hydrogen-bond donors (Lipinski definition) is 1. The van der Waals surface area contributed by atoms with Crippen molar-refractivity contribution in [3.8, 4) is 0 Å². The molecule has 1 aromatic carbocycles. The van der Waals surface area contributed by atoms with Crippen molar-refractivity contribution in [2.45, 2.75) is 26.3 Å². The van der Waals surface area contributed by atoms with Gasteiger partial charge in [0.15, 0.2) is 0 Å². The molecule has 1 aromatic heterocycles. The average Bonchev–Trinajstić information content (AvgIpc) is 2.85. The van der Waals surface area contributed by atoms with Crippen LogP contribution < -0.4 is 5.32 Å². The van der Waals surface area contributed by atoms with Crippen LogP contribution in [0.25, 0.3) is 0 Å². The second-order valence-electron chi connectivity index (χ2n) is 5.07. The molecule has 0 aliphatic heterocycles. The normalized spacial score (nSPS) is 11.8. The van der Waals surface area contributed by atoms with Crippen molar-refractivity contribution >= 4 is 23.2 Å². The lowest BCUT2D eigenvalue weighted by Crippen LogP contribution is -2.43. The molecule has 0 bridgehead atoms. The van der Waals surface area contributed by atoms with Crippen LogP contribution in [0.3, 0.4) is 0 Å². The smallest absolute Gasteiger partial charge is 0.328 e. The van der Waals surface area contributed by atoms with E-state index in [1.807, 2.05) is 50.2 Å². The number of rotatable bonds is 5. The summed E-state index contributed by atoms with van der Waals surface area (Å²) < 4.78 is 4.81. The van der Waals surface area contributed by atoms with Crippen molar-refractivity contribution in [3.05, 3.63) is 57.3 Å². The summed E-state index contributed by atoms with van der Waals surface area (Å²) in [5, 5.41) is 2.78. The zero-order chi connectivity index (χ0) is 16.1. The molecule has 0 saturated heterocycles. The Hall–Kier alpha value is -2.14. The van der Waals surface area contributed by atoms with Crippen molar-refractivity contribution in [1.29, 1.82) is 0 Å². The van der Waals surface area contributed by atoms with Crippen molar-refractivity contribution < 1.29 is 14.3 Å². The quantitative estimate of drug-likeness (QED) is 0.863. The van der Waals surface area contributed by atoms with E-state index in [1.54, 1.807) is 11.3 Å². The Morgan fingerprint density at radius 1 is 1.23 bits per heavy atom. The molecule has 0 fully saturated rings. The van der Waals surface area contributed by atoms with Gasteiger partial charge in [0, 0.05) is 16.2 Å². The fourth-order valence-electron chi connectivity index (χ4n) is 2.28. The molecule has 22 heavy (non-hydrogen) atoms. The zero-order valence-electron chi connectivity index (χ0n) is 12.9. The molecule has 5 heteroatoms. The van der Waals surface area contributed by atoms with Gasteiger partial charge in [-0.15, -0.1) is 11.3 Å². The summed E-state index contributed by atoms with van der Waals surface area (Å²) >= 11 is 1.57. The van der Waals surface area contributed by atoms with Crippen LogP contribution in [0.5, 0.6) is 0 Å². The first kappa shape index (κ1) is 16.2. The number of nitrogens with one attached hydrogen (secondary N) is 1. The van der Waals surface area contributed by atoms with Crippen molar-refractivity contribution in [1.82, 2.24) is 5.32 Å². The lowest BCUT2D eigenvalue weighted by atomic mass is 10.1. The molecule has 0 unspecified atom stereocenters. The molecule has 1 heterocycles. The summed E-state index contributed by atoms with van der Waals surface area (Å²) in [5.41, 5.74) is 1.58. The molecule has 2 aromatic rings. The molecule has 0 aliphatic rings. The molecule has 0 radical (unpaired) electrons. The van der Waals surface area contributed by atoms with E-state index in [-0.39, 0.29) is 5.91 Å². The number of methoxy groups -OCH3 is 1. The summed E-state index contributed by atoms with van der Waals surface area (Å²) in [5.74, 6) is -0.685. The van der Waals surface area contributed by atoms with E-state index in [0.717, 1.165) is 15.3 Å². The fraction of sp³-hybridized carbons (Fsp3) is 0.294. The van der Waals surface area contributed by atoms with Crippen LogP contribution in [0, 0.1) is 13.8 Å². The highest BCUT2D eigenvalue weighted by Gasteiger charge is 2.23. The largest absolute Gasteiger partial charge is 0.467 e. The highest BCUT2D eigenvalue weighted by molar-refractivity contribution is 7.12. The Bertz CT molecular complexity index is 664. The van der Waals surface area contributed by atoms with Gasteiger partial charge in [0.25, 0.3) is 5.91 Å². The number of benzene rings is 1. The lowest BCUT2D eigenvalue weighted by Gasteiger charge is -2.16. The van der Waals surface area contributed by atoms with Crippen LogP contribution in [-0.2, 0) is 16.0 Å². The molecule has 1 amide bonds. The maximum atomic E-state index is 12.4. The molecule has 1 N–H and O–H groups in total. The Morgan fingerprint density at radius 3 is 2.45 bits per heavy atom. The van der Waals surface area contributed by atoms with Crippen LogP contribution in [0.1, 0.15) is 25.7 Å². The van der Waals surface area contributed by atoms with Gasteiger partial charge in [0.2, 0.25) is 0 Å². The lowest BCUT2D eigenvalue weighted by molar-refractivity contribution is -0.142. The van der Waals surface area contributed by atoms with Crippen LogP contribution in [0.2, 0.25) is 0 Å². The Morgan fingerprint density at radius 2 is 1.91 bits per heavy atom. The molecule has 0 saturated carbocycles. The summed E-state index contributed by atoms with van der Waals surface area (Å²) in [6.45, 7) is 3.85. The van der Waals surface area contributed by atoms with Gasteiger partial charge in [-0.1, -0.05) is 30.3 Å². The third-order valence-corrected chi connectivity index (χ3v) is 4.33. The minimum atomic E-state index is -0.695. The van der Waals surface area contributed by atoms with Gasteiger partial charge in [-0.05, 0) is 25.5 Å². The molecule has 4 nitrogen and oxygen atoms in total. The number of carbonyl (C=O) groups excluding carboxylic acids is 2. The predicted molar refractivity (Wildman–Crippen MR) is 87.2 cm³/mol. The first-order valence-electron chi connectivity index (χ1n) is 7.01. The first-order chi connectivity index (χ1) is 10.5. The van der Waals surface area contributed by atoms with Crippen molar-refractivity contribution in [2.75, 3.05) is 7.11 Å². The number of thiophene rings is 1. The average molecular weight is 317 g/mol. The fourth-order valence-corrected chi connectivity index (χ4v) is 3.20. The van der Waals surface area contributed by atoms with Gasteiger partial charge >= 0.3 is 5.97 Å². The van der Waals surface area contributed by atoms with E-state index < -0.39 is 12.0 Å². The second-order valence-corrected chi connectivity index (χ2v) is 6.53. The Balaban J connectivity index is 2.14. The maximum Gasteiger partial charge on any atom is 0.328 e. The van der Waals surface area contributed by atoms with E-state index in [1.165, 1.54) is 7.11 Å². The summed E-state index contributed by atoms with van der Waals surface area (Å²) in [7, 11) is 1.33. The van der Waals surface area contributed by atoms with E-state index in [4.69, 9.17) is 4.74 Å². The van der Waals surface area contributed by atoms with Crippen LogP contribution in [0.15, 0.2) is 36.4 Å². The molecule has 2 rings (SSSR count). The van der Waals surface area contributed by atoms with Gasteiger partial charge in [-0.3, -0.25) is 4.79 Å². The molecule has 0 spiro atoms. The van der Waals surface area contributed by atoms with Gasteiger partial charge in [-0.25, -0.2) is 4.79 Å². The van der Waals surface area contributed by atoms with Gasteiger partial charge in [0.1, 0.15) is 6.04 Å². The number of esters is 1. The predicted octanol–water partition coefficient (Wildman–Crippen LogP) is 2.88. The summed E-state index contributed by atoms with van der Waals surface area (Å²) in [4.78, 5) is 26.3. The monoisotopic (exact) mass is 317 g/mol. The summed E-state index contributed by atoms with van der Waals surface area (Å²) in [6.07, 6.45) is 0.404. The van der Waals surface area contributed by atoms with Crippen LogP contribution >= 0.6 is 11.3 Å². The van der Waals surface area contributed by atoms with Crippen molar-refractivity contribution in [3.63, 3.8) is 0 Å². The number of ether oxygens (including phenoxy) is 1. The Kier molecular flexibility index (Phi) is 5.33. The maximum absolute atomic E-state index is 12.4. The van der Waals surface area contributed by atoms with Crippen LogP contribution in [-0.4, -0.2) is 25.0 Å². The topological polar surface area (TPSA) is 55.4 Å². The molecule has 0 aliphatic carbocycles. The number of amides is 1. The molecular formula is C17H19NO3S. The standard InChI is InChI=1S/C17H19NO3S/c1-11-9-14(12(2)22-11)16(19)18-15(17(20)21-3)10-13-7-5-4-6-8-13/h4-9,15H,10H2,1-3H3,(H,18,19)/t15-/m1/s1. The van der Waals surface area contributed by atoms with Gasteiger partial charge < -0.3 is 10.1 Å². The first-order valence-corrected chi connectivity index (χ1v) is 7.82.